The maximum Gasteiger partial charge on any atom is 0.394 e. The zero-order chi connectivity index (χ0) is 4.28. The van der Waals surface area contributed by atoms with Crippen LogP contribution in [0.15, 0.2) is 0 Å². The van der Waals surface area contributed by atoms with Crippen LogP contribution in [0.25, 0.3) is 0 Å². The third kappa shape index (κ3) is 3.96. The van der Waals surface area contributed by atoms with E-state index in [4.69, 9.17) is 5.26 Å². The van der Waals surface area contributed by atoms with Gasteiger partial charge in [-0.1, -0.05) is 0 Å². The summed E-state index contributed by atoms with van der Waals surface area (Å²) >= 11 is 0.258. The predicted octanol–water partition coefficient (Wildman–Crippen LogP) is -0.771. The summed E-state index contributed by atoms with van der Waals surface area (Å²) < 4.78 is 0. The maximum absolute atomic E-state index is 9.40. The molecule has 0 rings (SSSR count). The molecule has 3 nitrogen and oxygen atoms in total. The molecule has 0 atom stereocenters. The van der Waals surface area contributed by atoms with Crippen LogP contribution in [0.2, 0.25) is 0 Å². The van der Waals surface area contributed by atoms with Crippen LogP contribution < -0.4 is 0 Å². The van der Waals surface area contributed by atoms with E-state index in [1.54, 1.807) is 0 Å². The van der Waals surface area contributed by atoms with Crippen LogP contribution >= 0.6 is 0 Å². The van der Waals surface area contributed by atoms with Crippen LogP contribution in [0.1, 0.15) is 0 Å². The number of hydrogen-bond donors (Lipinski definition) is 1. The molecule has 0 fully saturated rings. The predicted molar refractivity (Wildman–Crippen MR) is 17.7 cm³/mol. The second-order valence-electron chi connectivity index (χ2n) is 0.583. The molecular weight excluding hydrogens is 87.0 g/mol. The van der Waals surface area contributed by atoms with Crippen LogP contribution in [0.4, 0.5) is 4.79 Å². The first-order valence-corrected chi connectivity index (χ1v) is 2.09. The van der Waals surface area contributed by atoms with E-state index in [1.165, 1.54) is 0 Å². The molecule has 0 saturated heterocycles. The van der Waals surface area contributed by atoms with Gasteiger partial charge in [0.15, 0.2) is 0 Å². The summed E-state index contributed by atoms with van der Waals surface area (Å²) in [5.41, 5.74) is 0. The zero-order valence-corrected chi connectivity index (χ0v) is 4.76. The van der Waals surface area contributed by atoms with Crippen molar-refractivity contribution in [1.82, 2.24) is 0 Å². The Bertz CT molecular complexity index is 42.2. The number of rotatable bonds is 0. The first-order valence-electron chi connectivity index (χ1n) is 1.09. The van der Waals surface area contributed by atoms with Gasteiger partial charge in [0.2, 0.25) is 4.83 Å². The van der Waals surface area contributed by atoms with Crippen molar-refractivity contribution in [2.75, 3.05) is 0 Å². The van der Waals surface area contributed by atoms with Gasteiger partial charge < -0.3 is 4.89 Å². The summed E-state index contributed by atoms with van der Waals surface area (Å²) in [6.07, 6.45) is 0. The minimum absolute atomic E-state index is 0.258. The monoisotopic (exact) mass is 90.0 g/mol. The lowest BCUT2D eigenvalue weighted by Crippen LogP contribution is -1.93. The van der Waals surface area contributed by atoms with Crippen molar-refractivity contribution in [2.45, 2.75) is 0 Å². The summed E-state index contributed by atoms with van der Waals surface area (Å²) in [4.78, 5) is 12.0. The molecule has 0 aromatic carbocycles. The number of carbonyl (C=O) groups excluding carboxylic acids is 1. The molecule has 0 aromatic heterocycles. The minimum Gasteiger partial charge on any atom is -0.325 e. The quantitative estimate of drug-likeness (QED) is 0.241. The normalized spacial score (nSPS) is 6.60. The third-order valence-corrected chi connectivity index (χ3v) is 0.311. The van der Waals surface area contributed by atoms with Crippen molar-refractivity contribution in [3.8, 4) is 0 Å². The SMILES string of the molecule is O=[C]([AlH2])OO. The molecule has 0 unspecified atom stereocenters. The first-order chi connectivity index (χ1) is 2.27. The summed E-state index contributed by atoms with van der Waals surface area (Å²) in [6.45, 7) is 0. The molecule has 1 N–H and O–H groups in total. The van der Waals surface area contributed by atoms with Gasteiger partial charge in [0.05, 0.1) is 0 Å². The van der Waals surface area contributed by atoms with Gasteiger partial charge in [-0.15, -0.1) is 0 Å². The standard InChI is InChI=1S/CHO3.Al.2H/c2-1-4-3;;;/h3H;;;. The van der Waals surface area contributed by atoms with E-state index in [-0.39, 0.29) is 16.3 Å². The van der Waals surface area contributed by atoms with Crippen molar-refractivity contribution in [2.24, 2.45) is 0 Å². The highest BCUT2D eigenvalue weighted by Gasteiger charge is 1.80. The van der Waals surface area contributed by atoms with Crippen molar-refractivity contribution >= 4 is 21.1 Å². The largest absolute Gasteiger partial charge is 0.394 e. The minimum atomic E-state index is -0.551. The van der Waals surface area contributed by atoms with E-state index >= 15 is 0 Å². The Kier molecular flexibility index (Phi) is 2.20. The van der Waals surface area contributed by atoms with Crippen LogP contribution in [0, 0.1) is 0 Å². The second-order valence-corrected chi connectivity index (χ2v) is 1.40. The van der Waals surface area contributed by atoms with Gasteiger partial charge in [-0.2, -0.15) is 0 Å². The van der Waals surface area contributed by atoms with Crippen molar-refractivity contribution in [3.63, 3.8) is 0 Å². The molecule has 4 heteroatoms. The Balaban J connectivity index is 2.85. The Morgan fingerprint density at radius 3 is 2.20 bits per heavy atom. The van der Waals surface area contributed by atoms with Crippen LogP contribution in [-0.4, -0.2) is 26.4 Å². The van der Waals surface area contributed by atoms with Gasteiger partial charge in [-0.25, -0.2) is 5.26 Å². The smallest absolute Gasteiger partial charge is 0.325 e. The topological polar surface area (TPSA) is 46.5 Å². The molecule has 0 amide bonds. The van der Waals surface area contributed by atoms with Gasteiger partial charge in [0.1, 0.15) is 0 Å². The van der Waals surface area contributed by atoms with Gasteiger partial charge in [0, 0.05) is 0 Å². The van der Waals surface area contributed by atoms with Crippen molar-refractivity contribution < 1.29 is 14.9 Å². The second kappa shape index (κ2) is 2.21. The Morgan fingerprint density at radius 1 is 2.00 bits per heavy atom. The lowest BCUT2D eigenvalue weighted by molar-refractivity contribution is -0.167. The highest BCUT2D eigenvalue weighted by molar-refractivity contribution is 6.54. The van der Waals surface area contributed by atoms with E-state index in [0.717, 1.165) is 0 Å². The van der Waals surface area contributed by atoms with E-state index < -0.39 is 4.83 Å². The fourth-order valence-electron chi connectivity index (χ4n) is 0. The molecule has 0 aliphatic carbocycles. The fraction of sp³-hybridized carbons (Fsp3) is 0. The Hall–Kier alpha value is -0.0375. The molecule has 0 heterocycles. The average Bonchev–Trinajstić information content (AvgIpc) is 1.38. The molecular formula is CH3AlO3. The van der Waals surface area contributed by atoms with Gasteiger partial charge in [0.25, 0.3) is 0 Å². The molecule has 0 aliphatic rings. The Morgan fingerprint density at radius 2 is 2.20 bits per heavy atom. The van der Waals surface area contributed by atoms with E-state index in [0.29, 0.717) is 0 Å². The average molecular weight is 90.0 g/mol. The zero-order valence-electron chi connectivity index (χ0n) is 2.76. The van der Waals surface area contributed by atoms with E-state index in [2.05, 4.69) is 4.89 Å². The molecule has 0 saturated carbocycles. The Labute approximate surface area is 36.9 Å². The summed E-state index contributed by atoms with van der Waals surface area (Å²) in [5.74, 6) is 0. The highest BCUT2D eigenvalue weighted by atomic mass is 27.0. The van der Waals surface area contributed by atoms with E-state index in [1.807, 2.05) is 0 Å². The maximum atomic E-state index is 9.40. The van der Waals surface area contributed by atoms with Gasteiger partial charge in [-0.05, 0) is 0 Å². The summed E-state index contributed by atoms with van der Waals surface area (Å²) in [6, 6.07) is 0. The van der Waals surface area contributed by atoms with Crippen LogP contribution in [0.3, 0.4) is 0 Å². The third-order valence-electron chi connectivity index (χ3n) is 0.129. The molecule has 0 bridgehead atoms. The fourth-order valence-corrected chi connectivity index (χ4v) is 0. The van der Waals surface area contributed by atoms with Crippen molar-refractivity contribution in [1.29, 1.82) is 0 Å². The molecule has 0 radical (unpaired) electrons. The number of hydrogen-bond acceptors (Lipinski definition) is 3. The molecule has 0 aliphatic heterocycles. The lowest BCUT2D eigenvalue weighted by Gasteiger charge is -1.78. The molecule has 5 heavy (non-hydrogen) atoms. The summed E-state index contributed by atoms with van der Waals surface area (Å²) in [5, 5.41) is 7.33. The molecule has 0 aromatic rings. The molecule has 0 spiro atoms. The molecule has 28 valence electrons. The van der Waals surface area contributed by atoms with Crippen LogP contribution in [0.5, 0.6) is 0 Å². The number of carbonyl (C=O) groups is 1. The van der Waals surface area contributed by atoms with Crippen molar-refractivity contribution in [3.05, 3.63) is 0 Å². The first kappa shape index (κ1) is 4.96. The highest BCUT2D eigenvalue weighted by Crippen LogP contribution is 1.58. The van der Waals surface area contributed by atoms with Gasteiger partial charge in [-0.3, -0.25) is 4.79 Å². The lowest BCUT2D eigenvalue weighted by atomic mass is 11.6. The van der Waals surface area contributed by atoms with E-state index in [9.17, 15) is 4.79 Å². The van der Waals surface area contributed by atoms with Crippen LogP contribution in [-0.2, 0) is 4.89 Å². The summed E-state index contributed by atoms with van der Waals surface area (Å²) in [7, 11) is 0. The van der Waals surface area contributed by atoms with Gasteiger partial charge >= 0.3 is 16.3 Å².